The third-order valence-corrected chi connectivity index (χ3v) is 3.40. The fourth-order valence-electron chi connectivity index (χ4n) is 1.53. The molecule has 102 valence electrons. The highest BCUT2D eigenvalue weighted by Gasteiger charge is 2.14. The van der Waals surface area contributed by atoms with Gasteiger partial charge in [0.1, 0.15) is 5.82 Å². The van der Waals surface area contributed by atoms with Crippen LogP contribution in [0.15, 0.2) is 42.5 Å². The molecule has 0 unspecified atom stereocenters. The van der Waals surface area contributed by atoms with Crippen molar-refractivity contribution in [3.8, 4) is 0 Å². The Morgan fingerprint density at radius 1 is 1.20 bits per heavy atom. The largest absolute Gasteiger partial charge is 0.322 e. The van der Waals surface area contributed by atoms with Crippen LogP contribution in [0.4, 0.5) is 15.8 Å². The molecule has 0 aliphatic heterocycles. The Balaban J connectivity index is 2.21. The third-order valence-electron chi connectivity index (χ3n) is 2.51. The Morgan fingerprint density at radius 2 is 1.85 bits per heavy atom. The summed E-state index contributed by atoms with van der Waals surface area (Å²) in [6.45, 7) is 0. The van der Waals surface area contributed by atoms with Gasteiger partial charge in [-0.15, -0.1) is 0 Å². The molecular weight excluding hydrogens is 378 g/mol. The number of halogens is 2. The van der Waals surface area contributed by atoms with Gasteiger partial charge in [0, 0.05) is 21.4 Å². The molecule has 1 N–H and O–H groups in total. The number of benzene rings is 2. The Labute approximate surface area is 127 Å². The first-order chi connectivity index (χ1) is 9.47. The van der Waals surface area contributed by atoms with Crippen LogP contribution in [0.5, 0.6) is 0 Å². The second-order valence-electron chi connectivity index (χ2n) is 3.88. The van der Waals surface area contributed by atoms with E-state index in [9.17, 15) is 19.3 Å². The molecule has 0 saturated heterocycles. The van der Waals surface area contributed by atoms with Crippen molar-refractivity contribution >= 4 is 39.9 Å². The summed E-state index contributed by atoms with van der Waals surface area (Å²) in [4.78, 5) is 22.1. The van der Waals surface area contributed by atoms with Gasteiger partial charge in [0.05, 0.1) is 10.5 Å². The van der Waals surface area contributed by atoms with Gasteiger partial charge < -0.3 is 5.32 Å². The van der Waals surface area contributed by atoms with Crippen LogP contribution < -0.4 is 5.32 Å². The molecule has 0 bridgehead atoms. The van der Waals surface area contributed by atoms with Crippen molar-refractivity contribution in [2.45, 2.75) is 0 Å². The van der Waals surface area contributed by atoms with E-state index in [1.165, 1.54) is 42.5 Å². The van der Waals surface area contributed by atoms with Gasteiger partial charge in [0.25, 0.3) is 11.6 Å². The number of nitrogens with one attached hydrogen (secondary N) is 1. The Hall–Kier alpha value is -2.03. The SMILES string of the molecule is O=C(Nc1ccc(F)cc1)c1ccc([N+](=O)[O-])cc1I. The predicted octanol–water partition coefficient (Wildman–Crippen LogP) is 3.59. The molecule has 5 nitrogen and oxygen atoms in total. The van der Waals surface area contributed by atoms with Crippen molar-refractivity contribution in [3.05, 3.63) is 67.5 Å². The van der Waals surface area contributed by atoms with E-state index in [-0.39, 0.29) is 5.69 Å². The quantitative estimate of drug-likeness (QED) is 0.498. The highest BCUT2D eigenvalue weighted by atomic mass is 127. The molecule has 0 aromatic heterocycles. The van der Waals surface area contributed by atoms with Crippen molar-refractivity contribution in [1.29, 1.82) is 0 Å². The van der Waals surface area contributed by atoms with E-state index < -0.39 is 16.6 Å². The van der Waals surface area contributed by atoms with E-state index in [4.69, 9.17) is 0 Å². The van der Waals surface area contributed by atoms with Gasteiger partial charge >= 0.3 is 0 Å². The lowest BCUT2D eigenvalue weighted by atomic mass is 10.2. The molecule has 0 aliphatic rings. The van der Waals surface area contributed by atoms with Crippen LogP contribution in [0.1, 0.15) is 10.4 Å². The number of amides is 1. The summed E-state index contributed by atoms with van der Waals surface area (Å²) < 4.78 is 13.2. The highest BCUT2D eigenvalue weighted by Crippen LogP contribution is 2.21. The standard InChI is InChI=1S/C13H8FIN2O3/c14-8-1-3-9(4-2-8)16-13(18)11-6-5-10(17(19)20)7-12(11)15/h1-7H,(H,16,18). The molecule has 0 fully saturated rings. The first-order valence-corrected chi connectivity index (χ1v) is 6.56. The normalized spacial score (nSPS) is 10.1. The zero-order chi connectivity index (χ0) is 14.7. The van der Waals surface area contributed by atoms with Gasteiger partial charge in [0.15, 0.2) is 0 Å². The number of carbonyl (C=O) groups excluding carboxylic acids is 1. The number of carbonyl (C=O) groups is 1. The fourth-order valence-corrected chi connectivity index (χ4v) is 2.28. The van der Waals surface area contributed by atoms with Gasteiger partial charge in [-0.05, 0) is 52.9 Å². The number of non-ortho nitro benzene ring substituents is 1. The summed E-state index contributed by atoms with van der Waals surface area (Å²) in [6.07, 6.45) is 0. The van der Waals surface area contributed by atoms with Gasteiger partial charge in [-0.1, -0.05) is 0 Å². The average Bonchev–Trinajstić information content (AvgIpc) is 2.41. The topological polar surface area (TPSA) is 72.2 Å². The van der Waals surface area contributed by atoms with Crippen molar-refractivity contribution < 1.29 is 14.1 Å². The van der Waals surface area contributed by atoms with Crippen LogP contribution in [-0.2, 0) is 0 Å². The number of nitro groups is 1. The van der Waals surface area contributed by atoms with Crippen LogP contribution in [-0.4, -0.2) is 10.8 Å². The summed E-state index contributed by atoms with van der Waals surface area (Å²) >= 11 is 1.86. The van der Waals surface area contributed by atoms with Crippen molar-refractivity contribution in [1.82, 2.24) is 0 Å². The molecule has 2 rings (SSSR count). The first kappa shape index (κ1) is 14.4. The molecule has 0 atom stereocenters. The van der Waals surface area contributed by atoms with E-state index in [1.54, 1.807) is 0 Å². The summed E-state index contributed by atoms with van der Waals surface area (Å²) in [5.41, 5.74) is 0.693. The average molecular weight is 386 g/mol. The van der Waals surface area contributed by atoms with Gasteiger partial charge in [-0.3, -0.25) is 14.9 Å². The van der Waals surface area contributed by atoms with E-state index in [0.29, 0.717) is 14.8 Å². The fraction of sp³-hybridized carbons (Fsp3) is 0. The maximum atomic E-state index is 12.8. The molecule has 0 aliphatic carbocycles. The lowest BCUT2D eigenvalue weighted by Crippen LogP contribution is -2.13. The van der Waals surface area contributed by atoms with Gasteiger partial charge in [-0.2, -0.15) is 0 Å². The second kappa shape index (κ2) is 5.95. The molecule has 1 amide bonds. The van der Waals surface area contributed by atoms with Crippen LogP contribution >= 0.6 is 22.6 Å². The summed E-state index contributed by atoms with van der Waals surface area (Å²) in [5.74, 6) is -0.802. The van der Waals surface area contributed by atoms with Crippen molar-refractivity contribution in [2.24, 2.45) is 0 Å². The van der Waals surface area contributed by atoms with Crippen LogP contribution in [0.25, 0.3) is 0 Å². The number of nitrogens with zero attached hydrogens (tertiary/aromatic N) is 1. The first-order valence-electron chi connectivity index (χ1n) is 5.48. The molecular formula is C13H8FIN2O3. The predicted molar refractivity (Wildman–Crippen MR) is 80.2 cm³/mol. The van der Waals surface area contributed by atoms with Crippen molar-refractivity contribution in [2.75, 3.05) is 5.32 Å². The van der Waals surface area contributed by atoms with Crippen LogP contribution in [0.2, 0.25) is 0 Å². The van der Waals surface area contributed by atoms with Crippen LogP contribution in [0, 0.1) is 19.5 Å². The Kier molecular flexibility index (Phi) is 4.28. The molecule has 20 heavy (non-hydrogen) atoms. The minimum Gasteiger partial charge on any atom is -0.322 e. The zero-order valence-electron chi connectivity index (χ0n) is 9.97. The highest BCUT2D eigenvalue weighted by molar-refractivity contribution is 14.1. The molecule has 2 aromatic rings. The van der Waals surface area contributed by atoms with Crippen LogP contribution in [0.3, 0.4) is 0 Å². The second-order valence-corrected chi connectivity index (χ2v) is 5.04. The third kappa shape index (κ3) is 3.29. The molecule has 0 heterocycles. The van der Waals surface area contributed by atoms with E-state index in [2.05, 4.69) is 5.32 Å². The maximum absolute atomic E-state index is 12.8. The van der Waals surface area contributed by atoms with E-state index >= 15 is 0 Å². The van der Waals surface area contributed by atoms with E-state index in [0.717, 1.165) is 0 Å². The monoisotopic (exact) mass is 386 g/mol. The minimum absolute atomic E-state index is 0.0762. The Bertz CT molecular complexity index is 674. The lowest BCUT2D eigenvalue weighted by Gasteiger charge is -2.06. The number of hydrogen-bond donors (Lipinski definition) is 1. The number of hydrogen-bond acceptors (Lipinski definition) is 3. The number of rotatable bonds is 3. The lowest BCUT2D eigenvalue weighted by molar-refractivity contribution is -0.384. The molecule has 7 heteroatoms. The minimum atomic E-state index is -0.524. The molecule has 0 saturated carbocycles. The Morgan fingerprint density at radius 3 is 2.40 bits per heavy atom. The maximum Gasteiger partial charge on any atom is 0.270 e. The van der Waals surface area contributed by atoms with Gasteiger partial charge in [0.2, 0.25) is 0 Å². The van der Waals surface area contributed by atoms with Gasteiger partial charge in [-0.25, -0.2) is 4.39 Å². The molecule has 0 spiro atoms. The number of anilines is 1. The summed E-state index contributed by atoms with van der Waals surface area (Å²) in [7, 11) is 0. The number of nitro benzene ring substituents is 1. The zero-order valence-corrected chi connectivity index (χ0v) is 12.1. The summed E-state index contributed by atoms with van der Waals surface area (Å²) in [5, 5.41) is 13.2. The van der Waals surface area contributed by atoms with Crippen molar-refractivity contribution in [3.63, 3.8) is 0 Å². The molecule has 0 radical (unpaired) electrons. The summed E-state index contributed by atoms with van der Waals surface area (Å²) in [6, 6.07) is 9.31. The smallest absolute Gasteiger partial charge is 0.270 e. The molecule has 2 aromatic carbocycles. The van der Waals surface area contributed by atoms with E-state index in [1.807, 2.05) is 22.6 Å².